The normalized spacial score (nSPS) is 12.3. The average molecular weight is 299 g/mol. The van der Waals surface area contributed by atoms with E-state index in [1.54, 1.807) is 13.2 Å². The molecule has 0 aliphatic heterocycles. The Morgan fingerprint density at radius 2 is 2.05 bits per heavy atom. The lowest BCUT2D eigenvalue weighted by atomic mass is 10.2. The van der Waals surface area contributed by atoms with Crippen LogP contribution in [0.25, 0.3) is 0 Å². The molecule has 0 aliphatic rings. The second-order valence-corrected chi connectivity index (χ2v) is 5.63. The summed E-state index contributed by atoms with van der Waals surface area (Å²) in [5.41, 5.74) is 0.934. The molecule has 1 rings (SSSR count). The van der Waals surface area contributed by atoms with Gasteiger partial charge in [0, 0.05) is 23.7 Å². The van der Waals surface area contributed by atoms with E-state index in [0.29, 0.717) is 24.0 Å². The summed E-state index contributed by atoms with van der Waals surface area (Å²) in [5.74, 6) is 1.20. The average Bonchev–Trinajstić information content (AvgIpc) is 2.42. The Hall–Kier alpha value is -1.26. The van der Waals surface area contributed by atoms with Crippen LogP contribution in [0, 0.1) is 5.92 Å². The second-order valence-electron chi connectivity index (χ2n) is 5.20. The maximum Gasteiger partial charge on any atom is 0.236 e. The Morgan fingerprint density at radius 3 is 2.65 bits per heavy atom. The molecule has 1 aromatic carbocycles. The largest absolute Gasteiger partial charge is 0.496 e. The number of hydrogen-bond donors (Lipinski definition) is 2. The molecule has 0 saturated heterocycles. The third-order valence-corrected chi connectivity index (χ3v) is 3.15. The Morgan fingerprint density at radius 1 is 1.35 bits per heavy atom. The van der Waals surface area contributed by atoms with E-state index >= 15 is 0 Å². The summed E-state index contributed by atoms with van der Waals surface area (Å²) in [4.78, 5) is 11.9. The highest BCUT2D eigenvalue weighted by atomic mass is 35.5. The zero-order chi connectivity index (χ0) is 15.1. The number of amides is 1. The molecule has 2 N–H and O–H groups in total. The molecule has 5 heteroatoms. The van der Waals surface area contributed by atoms with Gasteiger partial charge in [0.1, 0.15) is 5.75 Å². The van der Waals surface area contributed by atoms with Crippen LogP contribution in [0.3, 0.4) is 0 Å². The van der Waals surface area contributed by atoms with Crippen molar-refractivity contribution in [3.63, 3.8) is 0 Å². The second kappa shape index (κ2) is 8.12. The summed E-state index contributed by atoms with van der Waals surface area (Å²) >= 11 is 5.97. The fourth-order valence-corrected chi connectivity index (χ4v) is 1.89. The number of methoxy groups -OCH3 is 1. The van der Waals surface area contributed by atoms with Crippen LogP contribution in [-0.2, 0) is 11.3 Å². The minimum Gasteiger partial charge on any atom is -0.496 e. The highest BCUT2D eigenvalue weighted by molar-refractivity contribution is 6.30. The van der Waals surface area contributed by atoms with Gasteiger partial charge in [0.15, 0.2) is 0 Å². The Bertz CT molecular complexity index is 449. The number of nitrogens with one attached hydrogen (secondary N) is 2. The van der Waals surface area contributed by atoms with Gasteiger partial charge in [-0.15, -0.1) is 0 Å². The first-order valence-corrected chi connectivity index (χ1v) is 7.15. The molecule has 112 valence electrons. The van der Waals surface area contributed by atoms with E-state index in [-0.39, 0.29) is 11.9 Å². The van der Waals surface area contributed by atoms with Gasteiger partial charge in [0.05, 0.1) is 13.2 Å². The van der Waals surface area contributed by atoms with Crippen LogP contribution in [0.2, 0.25) is 5.02 Å². The molecule has 0 bridgehead atoms. The number of carbonyl (C=O) groups excluding carboxylic acids is 1. The van der Waals surface area contributed by atoms with E-state index in [1.807, 2.05) is 19.1 Å². The van der Waals surface area contributed by atoms with Crippen LogP contribution in [0.1, 0.15) is 26.3 Å². The standard InChI is InChI=1S/C15H23ClN2O2/c1-10(2)8-18-15(19)11(3)17-9-12-7-13(16)5-6-14(12)20-4/h5-7,10-11,17H,8-9H2,1-4H3,(H,18,19). The fourth-order valence-electron chi connectivity index (χ4n) is 1.70. The predicted molar refractivity (Wildman–Crippen MR) is 82.2 cm³/mol. The molecule has 20 heavy (non-hydrogen) atoms. The predicted octanol–water partition coefficient (Wildman–Crippen LogP) is 2.60. The molecule has 0 fully saturated rings. The number of halogens is 1. The van der Waals surface area contributed by atoms with Crippen molar-refractivity contribution in [3.05, 3.63) is 28.8 Å². The Balaban J connectivity index is 2.54. The van der Waals surface area contributed by atoms with Gasteiger partial charge in [-0.2, -0.15) is 0 Å². The summed E-state index contributed by atoms with van der Waals surface area (Å²) in [6.45, 7) is 7.18. The van der Waals surface area contributed by atoms with E-state index in [0.717, 1.165) is 11.3 Å². The van der Waals surface area contributed by atoms with Crippen molar-refractivity contribution in [2.75, 3.05) is 13.7 Å². The van der Waals surface area contributed by atoms with E-state index in [2.05, 4.69) is 24.5 Å². The van der Waals surface area contributed by atoms with Crippen molar-refractivity contribution < 1.29 is 9.53 Å². The molecular formula is C15H23ClN2O2. The van der Waals surface area contributed by atoms with Crippen LogP contribution in [0.4, 0.5) is 0 Å². The number of benzene rings is 1. The van der Waals surface area contributed by atoms with E-state index in [1.165, 1.54) is 0 Å². The minimum atomic E-state index is -0.266. The van der Waals surface area contributed by atoms with Gasteiger partial charge >= 0.3 is 0 Å². The molecule has 0 aliphatic carbocycles. The zero-order valence-electron chi connectivity index (χ0n) is 12.5. The maximum absolute atomic E-state index is 11.9. The van der Waals surface area contributed by atoms with Crippen molar-refractivity contribution >= 4 is 17.5 Å². The van der Waals surface area contributed by atoms with Gasteiger partial charge in [-0.3, -0.25) is 4.79 Å². The molecule has 0 spiro atoms. The molecule has 4 nitrogen and oxygen atoms in total. The van der Waals surface area contributed by atoms with Gasteiger partial charge < -0.3 is 15.4 Å². The van der Waals surface area contributed by atoms with Crippen molar-refractivity contribution in [2.45, 2.75) is 33.4 Å². The smallest absolute Gasteiger partial charge is 0.236 e. The van der Waals surface area contributed by atoms with Crippen molar-refractivity contribution in [3.8, 4) is 5.75 Å². The lowest BCUT2D eigenvalue weighted by Gasteiger charge is -2.16. The zero-order valence-corrected chi connectivity index (χ0v) is 13.3. The van der Waals surface area contributed by atoms with Crippen LogP contribution in [-0.4, -0.2) is 25.6 Å². The summed E-state index contributed by atoms with van der Waals surface area (Å²) < 4.78 is 5.27. The molecule has 0 saturated carbocycles. The molecule has 1 unspecified atom stereocenters. The molecule has 0 radical (unpaired) electrons. The van der Waals surface area contributed by atoms with E-state index < -0.39 is 0 Å². The SMILES string of the molecule is COc1ccc(Cl)cc1CNC(C)C(=O)NCC(C)C. The molecule has 0 heterocycles. The van der Waals surface area contributed by atoms with Gasteiger partial charge in [0.2, 0.25) is 5.91 Å². The van der Waals surface area contributed by atoms with Gasteiger partial charge in [-0.05, 0) is 31.0 Å². The first-order chi connectivity index (χ1) is 9.43. The summed E-state index contributed by atoms with van der Waals surface area (Å²) in [6, 6.07) is 5.18. The molecule has 0 aromatic heterocycles. The monoisotopic (exact) mass is 298 g/mol. The number of hydrogen-bond acceptors (Lipinski definition) is 3. The fraction of sp³-hybridized carbons (Fsp3) is 0.533. The van der Waals surface area contributed by atoms with Gasteiger partial charge in [0.25, 0.3) is 0 Å². The quantitative estimate of drug-likeness (QED) is 0.813. The summed E-state index contributed by atoms with van der Waals surface area (Å²) in [7, 11) is 1.62. The molecular weight excluding hydrogens is 276 g/mol. The minimum absolute atomic E-state index is 0.000283. The highest BCUT2D eigenvalue weighted by Gasteiger charge is 2.13. The van der Waals surface area contributed by atoms with Crippen LogP contribution in [0.5, 0.6) is 5.75 Å². The van der Waals surface area contributed by atoms with Crippen LogP contribution >= 0.6 is 11.6 Å². The van der Waals surface area contributed by atoms with Crippen LogP contribution < -0.4 is 15.4 Å². The van der Waals surface area contributed by atoms with Crippen molar-refractivity contribution in [1.82, 2.24) is 10.6 Å². The third kappa shape index (κ3) is 5.39. The molecule has 1 atom stereocenters. The first kappa shape index (κ1) is 16.8. The molecule has 1 aromatic rings. The Labute approximate surface area is 125 Å². The topological polar surface area (TPSA) is 50.4 Å². The van der Waals surface area contributed by atoms with Crippen LogP contribution in [0.15, 0.2) is 18.2 Å². The lowest BCUT2D eigenvalue weighted by Crippen LogP contribution is -2.43. The van der Waals surface area contributed by atoms with Gasteiger partial charge in [-0.25, -0.2) is 0 Å². The highest BCUT2D eigenvalue weighted by Crippen LogP contribution is 2.22. The van der Waals surface area contributed by atoms with Gasteiger partial charge in [-0.1, -0.05) is 25.4 Å². The maximum atomic E-state index is 11.9. The lowest BCUT2D eigenvalue weighted by molar-refractivity contribution is -0.122. The number of rotatable bonds is 7. The van der Waals surface area contributed by atoms with E-state index in [4.69, 9.17) is 16.3 Å². The first-order valence-electron chi connectivity index (χ1n) is 6.77. The Kier molecular flexibility index (Phi) is 6.82. The number of ether oxygens (including phenoxy) is 1. The van der Waals surface area contributed by atoms with Crippen molar-refractivity contribution in [2.24, 2.45) is 5.92 Å². The molecule has 1 amide bonds. The number of carbonyl (C=O) groups is 1. The summed E-state index contributed by atoms with van der Waals surface area (Å²) in [5, 5.41) is 6.73. The summed E-state index contributed by atoms with van der Waals surface area (Å²) in [6.07, 6.45) is 0. The van der Waals surface area contributed by atoms with E-state index in [9.17, 15) is 4.79 Å². The third-order valence-electron chi connectivity index (χ3n) is 2.92. The van der Waals surface area contributed by atoms with Crippen molar-refractivity contribution in [1.29, 1.82) is 0 Å².